The number of nitrogens with zero attached hydrogens (tertiary/aromatic N) is 1. The lowest BCUT2D eigenvalue weighted by atomic mass is 9.97. The molecule has 0 bridgehead atoms. The van der Waals surface area contributed by atoms with Crippen LogP contribution in [0.2, 0.25) is 5.02 Å². The second-order valence-electron chi connectivity index (χ2n) is 8.99. The van der Waals surface area contributed by atoms with Crippen molar-refractivity contribution in [1.29, 1.82) is 0 Å². The predicted molar refractivity (Wildman–Crippen MR) is 141 cm³/mol. The molecule has 0 aliphatic carbocycles. The molecule has 40 heavy (non-hydrogen) atoms. The maximum Gasteiger partial charge on any atom is 0.422 e. The van der Waals surface area contributed by atoms with Gasteiger partial charge in [-0.15, -0.1) is 0 Å². The highest BCUT2D eigenvalue weighted by molar-refractivity contribution is 6.31. The van der Waals surface area contributed by atoms with E-state index in [0.29, 0.717) is 5.56 Å². The van der Waals surface area contributed by atoms with E-state index < -0.39 is 36.5 Å². The first-order valence-electron chi connectivity index (χ1n) is 12.0. The molecule has 1 unspecified atom stereocenters. The van der Waals surface area contributed by atoms with Gasteiger partial charge in [-0.25, -0.2) is 4.79 Å². The number of carboxylic acids is 1. The van der Waals surface area contributed by atoms with Gasteiger partial charge in [0, 0.05) is 42.2 Å². The Labute approximate surface area is 232 Å². The van der Waals surface area contributed by atoms with Gasteiger partial charge in [-0.1, -0.05) is 23.7 Å². The van der Waals surface area contributed by atoms with Crippen molar-refractivity contribution in [2.75, 3.05) is 20.8 Å². The van der Waals surface area contributed by atoms with Crippen molar-refractivity contribution in [2.45, 2.75) is 38.1 Å². The van der Waals surface area contributed by atoms with Gasteiger partial charge in [-0.05, 0) is 42.8 Å². The number of hydrogen-bond acceptors (Lipinski definition) is 6. The van der Waals surface area contributed by atoms with E-state index in [0.717, 1.165) is 6.07 Å². The number of methoxy groups -OCH3 is 2. The summed E-state index contributed by atoms with van der Waals surface area (Å²) in [6.07, 6.45) is -3.67. The number of ketones is 1. The quantitative estimate of drug-likeness (QED) is 0.297. The minimum Gasteiger partial charge on any atom is -0.495 e. The fourth-order valence-corrected chi connectivity index (χ4v) is 4.21. The molecule has 0 saturated heterocycles. The zero-order valence-electron chi connectivity index (χ0n) is 21.8. The van der Waals surface area contributed by atoms with Gasteiger partial charge >= 0.3 is 12.1 Å². The van der Waals surface area contributed by atoms with E-state index in [9.17, 15) is 27.6 Å². The van der Waals surface area contributed by atoms with Crippen LogP contribution in [0.4, 0.5) is 13.2 Å². The number of Topliss-reactive ketones (excluding diaryl/α,β-unsaturated/α-hetero) is 1. The summed E-state index contributed by atoms with van der Waals surface area (Å²) in [5.41, 5.74) is 0.215. The molecule has 214 valence electrons. The monoisotopic (exact) mass is 581 g/mol. The van der Waals surface area contributed by atoms with Crippen LogP contribution in [0.5, 0.6) is 11.5 Å². The molecule has 8 nitrogen and oxygen atoms in total. The van der Waals surface area contributed by atoms with Crippen molar-refractivity contribution in [3.8, 4) is 22.6 Å². The van der Waals surface area contributed by atoms with Crippen LogP contribution >= 0.6 is 11.6 Å². The van der Waals surface area contributed by atoms with Crippen LogP contribution in [-0.4, -0.2) is 54.5 Å². The molecule has 0 saturated carbocycles. The summed E-state index contributed by atoms with van der Waals surface area (Å²) in [5.74, 6) is -1.52. The highest BCUT2D eigenvalue weighted by Gasteiger charge is 2.30. The van der Waals surface area contributed by atoms with E-state index in [1.165, 1.54) is 67.4 Å². The SMILES string of the molecule is COc1cn(C(C[C@H](C)OC)C(=O)Cc2ccc(C(=O)O)cc2)c(=O)cc1-c1cc(Cl)ccc1OCC(F)(F)F. The van der Waals surface area contributed by atoms with Crippen molar-refractivity contribution in [3.63, 3.8) is 0 Å². The van der Waals surface area contributed by atoms with Crippen molar-refractivity contribution in [2.24, 2.45) is 0 Å². The van der Waals surface area contributed by atoms with Crippen molar-refractivity contribution >= 4 is 23.4 Å². The molecule has 1 heterocycles. The molecule has 1 aromatic heterocycles. The smallest absolute Gasteiger partial charge is 0.422 e. The molecule has 0 fully saturated rings. The first-order valence-corrected chi connectivity index (χ1v) is 12.4. The zero-order valence-corrected chi connectivity index (χ0v) is 22.6. The minimum atomic E-state index is -4.59. The van der Waals surface area contributed by atoms with Gasteiger partial charge in [0.1, 0.15) is 11.5 Å². The Kier molecular flexibility index (Phi) is 9.99. The summed E-state index contributed by atoms with van der Waals surface area (Å²) in [7, 11) is 2.78. The molecule has 0 amide bonds. The Bertz CT molecular complexity index is 1420. The number of halogens is 4. The highest BCUT2D eigenvalue weighted by Crippen LogP contribution is 2.38. The van der Waals surface area contributed by atoms with Crippen LogP contribution in [0.15, 0.2) is 59.5 Å². The van der Waals surface area contributed by atoms with E-state index in [1.54, 1.807) is 6.92 Å². The first kappa shape index (κ1) is 30.7. The summed E-state index contributed by atoms with van der Waals surface area (Å²) >= 11 is 6.10. The van der Waals surface area contributed by atoms with Crippen LogP contribution in [0.25, 0.3) is 11.1 Å². The molecular weight excluding hydrogens is 555 g/mol. The molecule has 1 N–H and O–H groups in total. The molecule has 0 spiro atoms. The maximum absolute atomic E-state index is 13.5. The van der Waals surface area contributed by atoms with Crippen LogP contribution < -0.4 is 15.0 Å². The van der Waals surface area contributed by atoms with E-state index in [1.807, 2.05) is 0 Å². The highest BCUT2D eigenvalue weighted by atomic mass is 35.5. The van der Waals surface area contributed by atoms with Gasteiger partial charge in [0.15, 0.2) is 12.4 Å². The minimum absolute atomic E-state index is 0.0666. The number of pyridine rings is 1. The third-order valence-corrected chi connectivity index (χ3v) is 6.37. The number of ether oxygens (including phenoxy) is 3. The number of hydrogen-bond donors (Lipinski definition) is 1. The molecule has 3 rings (SSSR count). The van der Waals surface area contributed by atoms with Crippen LogP contribution in [0.3, 0.4) is 0 Å². The van der Waals surface area contributed by atoms with E-state index in [4.69, 9.17) is 30.9 Å². The Hall–Kier alpha value is -3.83. The van der Waals surface area contributed by atoms with Crippen LogP contribution in [0.1, 0.15) is 35.3 Å². The second-order valence-corrected chi connectivity index (χ2v) is 9.42. The number of aromatic carboxylic acids is 1. The molecule has 0 aliphatic heterocycles. The lowest BCUT2D eigenvalue weighted by Crippen LogP contribution is -2.33. The van der Waals surface area contributed by atoms with Gasteiger partial charge in [-0.2, -0.15) is 13.2 Å². The van der Waals surface area contributed by atoms with Gasteiger partial charge in [-0.3, -0.25) is 9.59 Å². The lowest BCUT2D eigenvalue weighted by molar-refractivity contribution is -0.153. The number of aromatic nitrogens is 1. The van der Waals surface area contributed by atoms with E-state index in [-0.39, 0.29) is 51.8 Å². The summed E-state index contributed by atoms with van der Waals surface area (Å²) in [6, 6.07) is 9.92. The fourth-order valence-electron chi connectivity index (χ4n) is 4.04. The molecule has 2 atom stereocenters. The predicted octanol–water partition coefficient (Wildman–Crippen LogP) is 5.59. The molecular formula is C28H27ClF3NO7. The van der Waals surface area contributed by atoms with Crippen LogP contribution in [-0.2, 0) is 16.0 Å². The number of alkyl halides is 3. The first-order chi connectivity index (χ1) is 18.8. The molecule has 2 aromatic carbocycles. The van der Waals surface area contributed by atoms with Crippen LogP contribution in [0, 0.1) is 0 Å². The normalized spacial score (nSPS) is 13.0. The van der Waals surface area contributed by atoms with Crippen molar-refractivity contribution in [3.05, 3.63) is 81.2 Å². The fraction of sp³-hybridized carbons (Fsp3) is 0.321. The third kappa shape index (κ3) is 7.86. The van der Waals surface area contributed by atoms with E-state index in [2.05, 4.69) is 0 Å². The van der Waals surface area contributed by atoms with Gasteiger partial charge in [0.05, 0.1) is 31.0 Å². The Morgan fingerprint density at radius 2 is 1.68 bits per heavy atom. The summed E-state index contributed by atoms with van der Waals surface area (Å²) in [5, 5.41) is 9.30. The summed E-state index contributed by atoms with van der Waals surface area (Å²) < 4.78 is 55.4. The second kappa shape index (κ2) is 13.0. The largest absolute Gasteiger partial charge is 0.495 e. The maximum atomic E-state index is 13.5. The number of carboxylic acid groups (broad SMARTS) is 1. The molecule has 0 radical (unpaired) electrons. The van der Waals surface area contributed by atoms with Gasteiger partial charge < -0.3 is 23.9 Å². The topological polar surface area (TPSA) is 104 Å². The Morgan fingerprint density at radius 3 is 2.25 bits per heavy atom. The summed E-state index contributed by atoms with van der Waals surface area (Å²) in [6.45, 7) is 0.175. The Morgan fingerprint density at radius 1 is 1.02 bits per heavy atom. The molecule has 3 aromatic rings. The average Bonchev–Trinajstić information content (AvgIpc) is 2.90. The number of benzene rings is 2. The molecule has 0 aliphatic rings. The van der Waals surface area contributed by atoms with Crippen molar-refractivity contribution < 1.29 is 42.1 Å². The number of carbonyl (C=O) groups excluding carboxylic acids is 1. The Balaban J connectivity index is 2.05. The lowest BCUT2D eigenvalue weighted by Gasteiger charge is -2.23. The van der Waals surface area contributed by atoms with E-state index >= 15 is 0 Å². The summed E-state index contributed by atoms with van der Waals surface area (Å²) in [4.78, 5) is 38.0. The number of carbonyl (C=O) groups is 2. The number of rotatable bonds is 12. The average molecular weight is 582 g/mol. The van der Waals surface area contributed by atoms with Gasteiger partial charge in [0.25, 0.3) is 5.56 Å². The van der Waals surface area contributed by atoms with Crippen molar-refractivity contribution in [1.82, 2.24) is 4.57 Å². The zero-order chi connectivity index (χ0) is 29.6. The standard InChI is InChI=1S/C28H27ClF3NO7/c1-16(38-2)10-22(23(34)11-17-4-6-18(7-5-17)27(36)37)33-14-25(39-3)21(13-26(33)35)20-12-19(29)8-9-24(20)40-15-28(30,31)32/h4-9,12-14,16,22H,10-11,15H2,1-3H3,(H,36,37)/t16-,22?/m0/s1. The molecule has 12 heteroatoms. The van der Waals surface area contributed by atoms with Gasteiger partial charge in [0.2, 0.25) is 0 Å². The third-order valence-electron chi connectivity index (χ3n) is 6.13.